The lowest BCUT2D eigenvalue weighted by Gasteiger charge is -2.34. The molecule has 18 heavy (non-hydrogen) atoms. The van der Waals surface area contributed by atoms with Gasteiger partial charge >= 0.3 is 0 Å². The van der Waals surface area contributed by atoms with E-state index in [2.05, 4.69) is 0 Å². The minimum Gasteiger partial charge on any atom is -0.398 e. The fourth-order valence-corrected chi connectivity index (χ4v) is 2.70. The molecule has 1 atom stereocenters. The van der Waals surface area contributed by atoms with Crippen LogP contribution in [0.4, 0.5) is 10.1 Å². The van der Waals surface area contributed by atoms with Gasteiger partial charge in [-0.05, 0) is 43.4 Å². The van der Waals surface area contributed by atoms with E-state index < -0.39 is 5.41 Å². The average molecular weight is 251 g/mol. The van der Waals surface area contributed by atoms with Crippen molar-refractivity contribution in [1.29, 1.82) is 0 Å². The summed E-state index contributed by atoms with van der Waals surface area (Å²) in [7, 11) is 0. The maximum absolute atomic E-state index is 13.6. The van der Waals surface area contributed by atoms with Gasteiger partial charge in [-0.3, -0.25) is 4.79 Å². The van der Waals surface area contributed by atoms with Crippen LogP contribution >= 0.6 is 0 Å². The van der Waals surface area contributed by atoms with Crippen molar-refractivity contribution in [2.75, 3.05) is 12.3 Å². The summed E-state index contributed by atoms with van der Waals surface area (Å²) >= 11 is 0. The van der Waals surface area contributed by atoms with Crippen LogP contribution in [0.1, 0.15) is 41.3 Å². The molecule has 2 rings (SSSR count). The Morgan fingerprint density at radius 3 is 2.83 bits per heavy atom. The Balaban J connectivity index is 2.57. The van der Waals surface area contributed by atoms with Crippen LogP contribution in [0.5, 0.6) is 0 Å². The van der Waals surface area contributed by atoms with Crippen molar-refractivity contribution in [1.82, 2.24) is 0 Å². The van der Waals surface area contributed by atoms with Crippen LogP contribution < -0.4 is 5.73 Å². The monoisotopic (exact) mass is 251 g/mol. The van der Waals surface area contributed by atoms with Gasteiger partial charge in [-0.25, -0.2) is 4.39 Å². The highest BCUT2D eigenvalue weighted by molar-refractivity contribution is 6.06. The number of carbonyl (C=O) groups excluding carboxylic acids is 1. The Morgan fingerprint density at radius 1 is 1.56 bits per heavy atom. The molecule has 3 N–H and O–H groups in total. The van der Waals surface area contributed by atoms with E-state index in [0.29, 0.717) is 30.4 Å². The van der Waals surface area contributed by atoms with E-state index in [1.807, 2.05) is 6.92 Å². The van der Waals surface area contributed by atoms with Crippen molar-refractivity contribution in [2.45, 2.75) is 33.1 Å². The van der Waals surface area contributed by atoms with Gasteiger partial charge in [0.05, 0.1) is 0 Å². The first-order chi connectivity index (χ1) is 8.40. The second-order valence-corrected chi connectivity index (χ2v) is 5.29. The Hall–Kier alpha value is -1.42. The second kappa shape index (κ2) is 4.35. The summed E-state index contributed by atoms with van der Waals surface area (Å²) in [5.41, 5.74) is 7.12. The van der Waals surface area contributed by atoms with Crippen LogP contribution in [-0.2, 0) is 6.42 Å². The van der Waals surface area contributed by atoms with Gasteiger partial charge in [0.1, 0.15) is 5.82 Å². The molecule has 0 radical (unpaired) electrons. The Bertz CT molecular complexity index is 513. The number of ketones is 1. The zero-order valence-corrected chi connectivity index (χ0v) is 10.7. The first kappa shape index (κ1) is 13.0. The molecule has 1 aromatic carbocycles. The third-order valence-corrected chi connectivity index (χ3v) is 4.05. The molecule has 0 bridgehead atoms. The Kier molecular flexibility index (Phi) is 3.15. The van der Waals surface area contributed by atoms with Crippen molar-refractivity contribution in [3.63, 3.8) is 0 Å². The molecule has 0 amide bonds. The molecule has 0 saturated heterocycles. The standard InChI is InChI=1S/C14H18FNO2/c1-8-9-3-4-14(2,5-6-17)13(18)12(9)11(16)7-10(8)15/h7,17H,3-6,16H2,1-2H3. The van der Waals surface area contributed by atoms with Gasteiger partial charge in [-0.15, -0.1) is 0 Å². The highest BCUT2D eigenvalue weighted by Gasteiger charge is 2.39. The largest absolute Gasteiger partial charge is 0.398 e. The smallest absolute Gasteiger partial charge is 0.171 e. The predicted molar refractivity (Wildman–Crippen MR) is 68.0 cm³/mol. The van der Waals surface area contributed by atoms with Gasteiger partial charge in [-0.1, -0.05) is 6.92 Å². The fraction of sp³-hybridized carbons (Fsp3) is 0.500. The number of nitrogens with two attached hydrogens (primary N) is 1. The lowest BCUT2D eigenvalue weighted by Crippen LogP contribution is -2.35. The lowest BCUT2D eigenvalue weighted by molar-refractivity contribution is 0.0730. The van der Waals surface area contributed by atoms with E-state index in [4.69, 9.17) is 10.8 Å². The summed E-state index contributed by atoms with van der Waals surface area (Å²) in [5, 5.41) is 9.07. The van der Waals surface area contributed by atoms with Crippen molar-refractivity contribution < 1.29 is 14.3 Å². The molecule has 3 nitrogen and oxygen atoms in total. The van der Waals surface area contributed by atoms with E-state index in [9.17, 15) is 9.18 Å². The van der Waals surface area contributed by atoms with Gasteiger partial charge in [0, 0.05) is 23.3 Å². The predicted octanol–water partition coefficient (Wildman–Crippen LogP) is 2.23. The van der Waals surface area contributed by atoms with Gasteiger partial charge in [0.2, 0.25) is 0 Å². The quantitative estimate of drug-likeness (QED) is 0.792. The average Bonchev–Trinajstić information content (AvgIpc) is 2.30. The zero-order valence-electron chi connectivity index (χ0n) is 10.7. The van der Waals surface area contributed by atoms with Crippen LogP contribution in [0, 0.1) is 18.2 Å². The van der Waals surface area contributed by atoms with Crippen molar-refractivity contribution in [3.05, 3.63) is 28.6 Å². The molecule has 0 saturated carbocycles. The first-order valence-corrected chi connectivity index (χ1v) is 6.14. The third-order valence-electron chi connectivity index (χ3n) is 4.05. The summed E-state index contributed by atoms with van der Waals surface area (Å²) < 4.78 is 13.6. The molecular formula is C14H18FNO2. The minimum atomic E-state index is -0.583. The number of Topliss-reactive ketones (excluding diaryl/α,β-unsaturated/α-hetero) is 1. The summed E-state index contributed by atoms with van der Waals surface area (Å²) in [5.74, 6) is -0.428. The molecule has 0 fully saturated rings. The van der Waals surface area contributed by atoms with Crippen LogP contribution in [0.2, 0.25) is 0 Å². The number of aliphatic hydroxyl groups excluding tert-OH is 1. The summed E-state index contributed by atoms with van der Waals surface area (Å²) in [6.45, 7) is 3.49. The van der Waals surface area contributed by atoms with E-state index in [-0.39, 0.29) is 23.9 Å². The molecule has 0 heterocycles. The van der Waals surface area contributed by atoms with Crippen LogP contribution in [0.15, 0.2) is 6.07 Å². The van der Waals surface area contributed by atoms with Gasteiger partial charge in [0.25, 0.3) is 0 Å². The van der Waals surface area contributed by atoms with Crippen LogP contribution in [0.3, 0.4) is 0 Å². The topological polar surface area (TPSA) is 63.3 Å². The molecule has 4 heteroatoms. The Morgan fingerprint density at radius 2 is 2.22 bits per heavy atom. The molecule has 0 aliphatic heterocycles. The number of hydrogen-bond donors (Lipinski definition) is 2. The summed E-state index contributed by atoms with van der Waals surface area (Å²) in [6.07, 6.45) is 1.68. The number of nitrogen functional groups attached to an aromatic ring is 1. The number of hydrogen-bond acceptors (Lipinski definition) is 3. The highest BCUT2D eigenvalue weighted by atomic mass is 19.1. The molecule has 1 unspecified atom stereocenters. The number of fused-ring (bicyclic) bond motifs is 1. The van der Waals surface area contributed by atoms with Crippen molar-refractivity contribution in [3.8, 4) is 0 Å². The normalized spacial score (nSPS) is 23.0. The fourth-order valence-electron chi connectivity index (χ4n) is 2.70. The third kappa shape index (κ3) is 1.81. The number of halogens is 1. The summed E-state index contributed by atoms with van der Waals surface area (Å²) in [6, 6.07) is 1.22. The molecule has 0 aromatic heterocycles. The number of anilines is 1. The highest BCUT2D eigenvalue weighted by Crippen LogP contribution is 2.41. The van der Waals surface area contributed by atoms with Crippen LogP contribution in [-0.4, -0.2) is 17.5 Å². The molecule has 1 aliphatic rings. The molecule has 1 aromatic rings. The summed E-state index contributed by atoms with van der Waals surface area (Å²) in [4.78, 5) is 12.5. The van der Waals surface area contributed by atoms with Gasteiger partial charge < -0.3 is 10.8 Å². The van der Waals surface area contributed by atoms with E-state index in [0.717, 1.165) is 5.56 Å². The number of benzene rings is 1. The molecule has 0 spiro atoms. The number of rotatable bonds is 2. The van der Waals surface area contributed by atoms with Gasteiger partial charge in [-0.2, -0.15) is 0 Å². The van der Waals surface area contributed by atoms with E-state index in [1.54, 1.807) is 6.92 Å². The number of carbonyl (C=O) groups is 1. The van der Waals surface area contributed by atoms with Crippen molar-refractivity contribution in [2.24, 2.45) is 5.41 Å². The number of aliphatic hydroxyl groups is 1. The first-order valence-electron chi connectivity index (χ1n) is 6.14. The maximum Gasteiger partial charge on any atom is 0.171 e. The maximum atomic E-state index is 13.6. The minimum absolute atomic E-state index is 0.0301. The SMILES string of the molecule is Cc1c(F)cc(N)c2c1CCC(C)(CCO)C2=O. The van der Waals surface area contributed by atoms with Crippen LogP contribution in [0.25, 0.3) is 0 Å². The lowest BCUT2D eigenvalue weighted by atomic mass is 9.69. The molecular weight excluding hydrogens is 233 g/mol. The van der Waals surface area contributed by atoms with E-state index >= 15 is 0 Å². The zero-order chi connectivity index (χ0) is 13.5. The second-order valence-electron chi connectivity index (χ2n) is 5.29. The molecule has 1 aliphatic carbocycles. The van der Waals surface area contributed by atoms with Crippen molar-refractivity contribution >= 4 is 11.5 Å². The van der Waals surface area contributed by atoms with E-state index in [1.165, 1.54) is 6.07 Å². The Labute approximate surface area is 106 Å². The van der Waals surface area contributed by atoms with Gasteiger partial charge in [0.15, 0.2) is 5.78 Å². The molecule has 98 valence electrons.